The topological polar surface area (TPSA) is 0 Å². The van der Waals surface area contributed by atoms with E-state index in [0.717, 1.165) is 0 Å². The summed E-state index contributed by atoms with van der Waals surface area (Å²) >= 11 is 0. The zero-order valence-corrected chi connectivity index (χ0v) is 10.8. The quantitative estimate of drug-likeness (QED) is 0.502. The maximum Gasteiger partial charge on any atom is -0.0172 e. The van der Waals surface area contributed by atoms with Crippen LogP contribution in [0.3, 0.4) is 0 Å². The molecule has 0 fully saturated rings. The summed E-state index contributed by atoms with van der Waals surface area (Å²) in [4.78, 5) is 0. The van der Waals surface area contributed by atoms with E-state index in [1.165, 1.54) is 38.2 Å². The standard InChI is InChI=1S/C18H16/c1-4-14-5-6-15-10-16-7-12(2)13(3)8-17(16)11-18(15)9-14/h4-11H,1H2,2-3H3. The number of benzene rings is 3. The average molecular weight is 232 g/mol. The van der Waals surface area contributed by atoms with Crippen molar-refractivity contribution in [2.45, 2.75) is 13.8 Å². The molecule has 0 heteroatoms. The van der Waals surface area contributed by atoms with Crippen LogP contribution in [-0.2, 0) is 0 Å². The van der Waals surface area contributed by atoms with Gasteiger partial charge in [0.1, 0.15) is 0 Å². The fourth-order valence-corrected chi connectivity index (χ4v) is 2.42. The van der Waals surface area contributed by atoms with Crippen molar-refractivity contribution < 1.29 is 0 Å². The van der Waals surface area contributed by atoms with Crippen LogP contribution in [0.5, 0.6) is 0 Å². The fraction of sp³-hybridized carbons (Fsp3) is 0.111. The van der Waals surface area contributed by atoms with E-state index >= 15 is 0 Å². The van der Waals surface area contributed by atoms with Crippen LogP contribution in [0.1, 0.15) is 16.7 Å². The van der Waals surface area contributed by atoms with Crippen LogP contribution in [-0.4, -0.2) is 0 Å². The van der Waals surface area contributed by atoms with Crippen molar-refractivity contribution in [1.29, 1.82) is 0 Å². The number of hydrogen-bond acceptors (Lipinski definition) is 0. The minimum absolute atomic E-state index is 1.17. The van der Waals surface area contributed by atoms with E-state index in [-0.39, 0.29) is 0 Å². The summed E-state index contributed by atoms with van der Waals surface area (Å²) in [5.74, 6) is 0. The van der Waals surface area contributed by atoms with Crippen LogP contribution in [0.15, 0.2) is 49.0 Å². The molecule has 0 aliphatic heterocycles. The summed E-state index contributed by atoms with van der Waals surface area (Å²) in [5, 5.41) is 5.20. The molecule has 88 valence electrons. The molecule has 18 heavy (non-hydrogen) atoms. The van der Waals surface area contributed by atoms with Crippen molar-refractivity contribution in [3.63, 3.8) is 0 Å². The first kappa shape index (κ1) is 11.0. The summed E-state index contributed by atoms with van der Waals surface area (Å²) < 4.78 is 0. The third-order valence-electron chi connectivity index (χ3n) is 3.67. The van der Waals surface area contributed by atoms with Gasteiger partial charge in [-0.15, -0.1) is 0 Å². The molecule has 0 radical (unpaired) electrons. The second kappa shape index (κ2) is 3.99. The van der Waals surface area contributed by atoms with Crippen LogP contribution >= 0.6 is 0 Å². The van der Waals surface area contributed by atoms with E-state index in [0.29, 0.717) is 0 Å². The fourth-order valence-electron chi connectivity index (χ4n) is 2.42. The molecule has 0 unspecified atom stereocenters. The van der Waals surface area contributed by atoms with Gasteiger partial charge < -0.3 is 0 Å². The predicted octanol–water partition coefficient (Wildman–Crippen LogP) is 5.25. The minimum atomic E-state index is 1.17. The lowest BCUT2D eigenvalue weighted by Crippen LogP contribution is -1.83. The molecule has 0 saturated carbocycles. The maximum atomic E-state index is 3.83. The van der Waals surface area contributed by atoms with Crippen LogP contribution < -0.4 is 0 Å². The van der Waals surface area contributed by atoms with Crippen molar-refractivity contribution >= 4 is 27.6 Å². The molecular formula is C18H16. The summed E-state index contributed by atoms with van der Waals surface area (Å²) in [5.41, 5.74) is 3.87. The molecule has 0 nitrogen and oxygen atoms in total. The van der Waals surface area contributed by atoms with Crippen molar-refractivity contribution in [3.8, 4) is 0 Å². The highest BCUT2D eigenvalue weighted by Crippen LogP contribution is 2.26. The summed E-state index contributed by atoms with van der Waals surface area (Å²) in [6.45, 7) is 8.16. The molecule has 0 spiro atoms. The highest BCUT2D eigenvalue weighted by Gasteiger charge is 2.01. The van der Waals surface area contributed by atoms with Gasteiger partial charge in [0.2, 0.25) is 0 Å². The zero-order chi connectivity index (χ0) is 12.7. The van der Waals surface area contributed by atoms with Crippen molar-refractivity contribution in [1.82, 2.24) is 0 Å². The first-order chi connectivity index (χ1) is 8.67. The zero-order valence-electron chi connectivity index (χ0n) is 10.8. The van der Waals surface area contributed by atoms with Gasteiger partial charge in [-0.3, -0.25) is 0 Å². The summed E-state index contributed by atoms with van der Waals surface area (Å²) in [7, 11) is 0. The van der Waals surface area contributed by atoms with E-state index in [1.807, 2.05) is 6.08 Å². The molecular weight excluding hydrogens is 216 g/mol. The van der Waals surface area contributed by atoms with Gasteiger partial charge in [0.25, 0.3) is 0 Å². The van der Waals surface area contributed by atoms with Gasteiger partial charge in [-0.2, -0.15) is 0 Å². The number of hydrogen-bond donors (Lipinski definition) is 0. The van der Waals surface area contributed by atoms with Gasteiger partial charge in [0.05, 0.1) is 0 Å². The molecule has 0 heterocycles. The maximum absolute atomic E-state index is 3.83. The van der Waals surface area contributed by atoms with Gasteiger partial charge >= 0.3 is 0 Å². The van der Waals surface area contributed by atoms with Crippen molar-refractivity contribution in [3.05, 3.63) is 65.7 Å². The highest BCUT2D eigenvalue weighted by atomic mass is 14.1. The van der Waals surface area contributed by atoms with E-state index < -0.39 is 0 Å². The molecule has 0 amide bonds. The Labute approximate surface area is 108 Å². The van der Waals surface area contributed by atoms with Crippen LogP contribution in [0.4, 0.5) is 0 Å². The Kier molecular flexibility index (Phi) is 2.45. The van der Waals surface area contributed by atoms with Crippen LogP contribution in [0, 0.1) is 13.8 Å². The Balaban J connectivity index is 2.39. The molecule has 0 aliphatic carbocycles. The molecule has 3 rings (SSSR count). The Bertz CT molecular complexity index is 764. The number of fused-ring (bicyclic) bond motifs is 2. The monoisotopic (exact) mass is 232 g/mol. The second-order valence-electron chi connectivity index (χ2n) is 4.95. The number of aryl methyl sites for hydroxylation is 2. The first-order valence-electron chi connectivity index (χ1n) is 6.24. The molecule has 0 bridgehead atoms. The largest absolute Gasteiger partial charge is 0.0985 e. The lowest BCUT2D eigenvalue weighted by Gasteiger charge is -2.07. The minimum Gasteiger partial charge on any atom is -0.0985 e. The van der Waals surface area contributed by atoms with Gasteiger partial charge in [0.15, 0.2) is 0 Å². The molecule has 0 aliphatic rings. The van der Waals surface area contributed by atoms with E-state index in [1.54, 1.807) is 0 Å². The average Bonchev–Trinajstić information content (AvgIpc) is 2.37. The summed E-state index contributed by atoms with van der Waals surface area (Å²) in [6.07, 6.45) is 1.89. The van der Waals surface area contributed by atoms with E-state index in [4.69, 9.17) is 0 Å². The normalized spacial score (nSPS) is 11.0. The lowest BCUT2D eigenvalue weighted by molar-refractivity contribution is 1.37. The van der Waals surface area contributed by atoms with Crippen molar-refractivity contribution in [2.24, 2.45) is 0 Å². The number of rotatable bonds is 1. The predicted molar refractivity (Wildman–Crippen MR) is 81.0 cm³/mol. The molecule has 0 aromatic heterocycles. The smallest absolute Gasteiger partial charge is 0.0172 e. The Morgan fingerprint density at radius 1 is 0.722 bits per heavy atom. The molecule has 3 aromatic rings. The Morgan fingerprint density at radius 3 is 1.89 bits per heavy atom. The highest BCUT2D eigenvalue weighted by molar-refractivity contribution is 5.99. The van der Waals surface area contributed by atoms with Gasteiger partial charge in [-0.1, -0.05) is 36.9 Å². The van der Waals surface area contributed by atoms with Crippen LogP contribution in [0.25, 0.3) is 27.6 Å². The second-order valence-corrected chi connectivity index (χ2v) is 4.95. The molecule has 0 saturated heterocycles. The summed E-state index contributed by atoms with van der Waals surface area (Å²) in [6, 6.07) is 15.5. The third-order valence-corrected chi connectivity index (χ3v) is 3.67. The molecule has 0 N–H and O–H groups in total. The van der Waals surface area contributed by atoms with E-state index in [2.05, 4.69) is 62.9 Å². The van der Waals surface area contributed by atoms with Crippen LogP contribution in [0.2, 0.25) is 0 Å². The van der Waals surface area contributed by atoms with Crippen molar-refractivity contribution in [2.75, 3.05) is 0 Å². The molecule has 0 atom stereocenters. The van der Waals surface area contributed by atoms with E-state index in [9.17, 15) is 0 Å². The van der Waals surface area contributed by atoms with Gasteiger partial charge in [-0.05, 0) is 70.3 Å². The molecule has 3 aromatic carbocycles. The van der Waals surface area contributed by atoms with Gasteiger partial charge in [-0.25, -0.2) is 0 Å². The first-order valence-corrected chi connectivity index (χ1v) is 6.24. The SMILES string of the molecule is C=Cc1ccc2cc3cc(C)c(C)cc3cc2c1. The third kappa shape index (κ3) is 1.70. The Morgan fingerprint density at radius 2 is 1.28 bits per heavy atom. The Hall–Kier alpha value is -2.08. The lowest BCUT2D eigenvalue weighted by atomic mass is 9.98. The van der Waals surface area contributed by atoms with Gasteiger partial charge in [0, 0.05) is 0 Å².